The number of rotatable bonds is 2. The summed E-state index contributed by atoms with van der Waals surface area (Å²) in [6.45, 7) is 3.72. The van der Waals surface area contributed by atoms with Crippen LogP contribution in [0.1, 0.15) is 49.4 Å². The van der Waals surface area contributed by atoms with Crippen LogP contribution in [0, 0.1) is 0 Å². The number of piperidine rings is 1. The van der Waals surface area contributed by atoms with Gasteiger partial charge in [0.2, 0.25) is 5.91 Å². The lowest BCUT2D eigenvalue weighted by Gasteiger charge is -2.33. The van der Waals surface area contributed by atoms with Gasteiger partial charge in [-0.25, -0.2) is 0 Å². The first-order chi connectivity index (χ1) is 10.2. The number of carbonyl (C=O) groups is 2. The molecule has 0 radical (unpaired) electrons. The van der Waals surface area contributed by atoms with E-state index in [4.69, 9.17) is 0 Å². The third kappa shape index (κ3) is 2.80. The van der Waals surface area contributed by atoms with Crippen molar-refractivity contribution >= 4 is 17.5 Å². The number of carbonyl (C=O) groups excluding carboxylic acids is 2. The largest absolute Gasteiger partial charge is 0.336 e. The van der Waals surface area contributed by atoms with Gasteiger partial charge in [-0.15, -0.1) is 0 Å². The molecule has 1 aromatic rings. The van der Waals surface area contributed by atoms with E-state index >= 15 is 0 Å². The molecule has 2 heterocycles. The highest BCUT2D eigenvalue weighted by molar-refractivity contribution is 5.99. The van der Waals surface area contributed by atoms with Gasteiger partial charge in [0.05, 0.1) is 0 Å². The number of anilines is 1. The zero-order valence-electron chi connectivity index (χ0n) is 12.5. The molecule has 2 aliphatic heterocycles. The lowest BCUT2D eigenvalue weighted by Crippen LogP contribution is -2.42. The lowest BCUT2D eigenvalue weighted by atomic mass is 10.0. The Morgan fingerprint density at radius 2 is 2.05 bits per heavy atom. The standard InChI is InChI=1S/C17H22N2O2/c1-13-6-2-3-10-18(13)17(21)14-7-4-8-15(12-14)19-11-5-9-16(19)20/h4,7-8,12-13H,2-3,5-6,9-11H2,1H3. The van der Waals surface area contributed by atoms with Gasteiger partial charge in [0.1, 0.15) is 0 Å². The molecule has 0 saturated carbocycles. The second-order valence-electron chi connectivity index (χ2n) is 6.04. The molecule has 2 fully saturated rings. The first-order valence-electron chi connectivity index (χ1n) is 7.88. The lowest BCUT2D eigenvalue weighted by molar-refractivity contribution is -0.117. The average molecular weight is 286 g/mol. The second-order valence-corrected chi connectivity index (χ2v) is 6.04. The predicted octanol–water partition coefficient (Wildman–Crippen LogP) is 2.83. The number of hydrogen-bond acceptors (Lipinski definition) is 2. The summed E-state index contributed by atoms with van der Waals surface area (Å²) < 4.78 is 0. The average Bonchev–Trinajstić information content (AvgIpc) is 2.93. The smallest absolute Gasteiger partial charge is 0.254 e. The van der Waals surface area contributed by atoms with E-state index in [0.29, 0.717) is 18.0 Å². The van der Waals surface area contributed by atoms with Gasteiger partial charge >= 0.3 is 0 Å². The summed E-state index contributed by atoms with van der Waals surface area (Å²) in [6.07, 6.45) is 4.88. The summed E-state index contributed by atoms with van der Waals surface area (Å²) in [6, 6.07) is 7.83. The Kier molecular flexibility index (Phi) is 3.95. The molecule has 0 spiro atoms. The van der Waals surface area contributed by atoms with Crippen molar-refractivity contribution in [2.45, 2.75) is 45.1 Å². The Labute approximate surface area is 125 Å². The summed E-state index contributed by atoms with van der Waals surface area (Å²) in [7, 11) is 0. The molecule has 4 nitrogen and oxygen atoms in total. The van der Waals surface area contributed by atoms with Crippen LogP contribution in [-0.4, -0.2) is 35.8 Å². The van der Waals surface area contributed by atoms with E-state index < -0.39 is 0 Å². The maximum atomic E-state index is 12.7. The molecule has 3 rings (SSSR count). The normalized spacial score (nSPS) is 22.7. The van der Waals surface area contributed by atoms with Crippen molar-refractivity contribution in [2.75, 3.05) is 18.0 Å². The summed E-state index contributed by atoms with van der Waals surface area (Å²) in [5.41, 5.74) is 1.55. The minimum atomic E-state index is 0.0932. The molecule has 1 atom stereocenters. The number of nitrogens with zero attached hydrogens (tertiary/aromatic N) is 2. The Morgan fingerprint density at radius 3 is 2.76 bits per heavy atom. The molecule has 21 heavy (non-hydrogen) atoms. The highest BCUT2D eigenvalue weighted by Crippen LogP contribution is 2.24. The fourth-order valence-electron chi connectivity index (χ4n) is 3.29. The van der Waals surface area contributed by atoms with Gasteiger partial charge in [0, 0.05) is 36.8 Å². The van der Waals surface area contributed by atoms with E-state index in [1.807, 2.05) is 29.2 Å². The van der Waals surface area contributed by atoms with E-state index in [2.05, 4.69) is 6.92 Å². The molecule has 4 heteroatoms. The Bertz CT molecular complexity index is 555. The van der Waals surface area contributed by atoms with Gasteiger partial charge in [0.15, 0.2) is 0 Å². The van der Waals surface area contributed by atoms with Crippen molar-refractivity contribution < 1.29 is 9.59 Å². The van der Waals surface area contributed by atoms with Crippen molar-refractivity contribution in [3.05, 3.63) is 29.8 Å². The number of benzene rings is 1. The van der Waals surface area contributed by atoms with Crippen molar-refractivity contribution in [1.82, 2.24) is 4.90 Å². The summed E-state index contributed by atoms with van der Waals surface area (Å²) in [5, 5.41) is 0. The van der Waals surface area contributed by atoms with E-state index in [-0.39, 0.29) is 11.8 Å². The molecular weight excluding hydrogens is 264 g/mol. The van der Waals surface area contributed by atoms with Crippen LogP contribution in [0.3, 0.4) is 0 Å². The number of amides is 2. The van der Waals surface area contributed by atoms with E-state index in [1.165, 1.54) is 6.42 Å². The maximum absolute atomic E-state index is 12.7. The molecule has 2 aliphatic rings. The molecule has 1 aromatic carbocycles. The predicted molar refractivity (Wildman–Crippen MR) is 82.4 cm³/mol. The van der Waals surface area contributed by atoms with Crippen LogP contribution in [0.2, 0.25) is 0 Å². The molecule has 0 N–H and O–H groups in total. The summed E-state index contributed by atoms with van der Waals surface area (Å²) >= 11 is 0. The second kappa shape index (κ2) is 5.88. The van der Waals surface area contributed by atoms with Crippen LogP contribution in [0.25, 0.3) is 0 Å². The maximum Gasteiger partial charge on any atom is 0.254 e. The van der Waals surface area contributed by atoms with Crippen LogP contribution in [-0.2, 0) is 4.79 Å². The zero-order valence-corrected chi connectivity index (χ0v) is 12.5. The van der Waals surface area contributed by atoms with Crippen molar-refractivity contribution in [1.29, 1.82) is 0 Å². The van der Waals surface area contributed by atoms with Crippen LogP contribution >= 0.6 is 0 Å². The van der Waals surface area contributed by atoms with Crippen molar-refractivity contribution in [3.63, 3.8) is 0 Å². The molecule has 0 aliphatic carbocycles. The van der Waals surface area contributed by atoms with E-state index in [9.17, 15) is 9.59 Å². The van der Waals surface area contributed by atoms with Crippen LogP contribution in [0.15, 0.2) is 24.3 Å². The van der Waals surface area contributed by atoms with Gasteiger partial charge in [-0.3, -0.25) is 9.59 Å². The molecular formula is C17H22N2O2. The van der Waals surface area contributed by atoms with Crippen LogP contribution < -0.4 is 4.90 Å². The van der Waals surface area contributed by atoms with Gasteiger partial charge < -0.3 is 9.80 Å². The van der Waals surface area contributed by atoms with Crippen LogP contribution in [0.5, 0.6) is 0 Å². The summed E-state index contributed by atoms with van der Waals surface area (Å²) in [4.78, 5) is 28.3. The van der Waals surface area contributed by atoms with E-state index in [0.717, 1.165) is 38.0 Å². The zero-order chi connectivity index (χ0) is 14.8. The highest BCUT2D eigenvalue weighted by Gasteiger charge is 2.26. The first kappa shape index (κ1) is 14.1. The van der Waals surface area contributed by atoms with Gasteiger partial charge in [-0.1, -0.05) is 6.07 Å². The monoisotopic (exact) mass is 286 g/mol. The molecule has 2 amide bonds. The quantitative estimate of drug-likeness (QED) is 0.839. The third-order valence-electron chi connectivity index (χ3n) is 4.54. The molecule has 112 valence electrons. The number of likely N-dealkylation sites (tertiary alicyclic amines) is 1. The van der Waals surface area contributed by atoms with Crippen molar-refractivity contribution in [3.8, 4) is 0 Å². The SMILES string of the molecule is CC1CCCCN1C(=O)c1cccc(N2CCCC2=O)c1. The highest BCUT2D eigenvalue weighted by atomic mass is 16.2. The van der Waals surface area contributed by atoms with Gasteiger partial charge in [0.25, 0.3) is 5.91 Å². The summed E-state index contributed by atoms with van der Waals surface area (Å²) in [5.74, 6) is 0.252. The van der Waals surface area contributed by atoms with Gasteiger partial charge in [-0.05, 0) is 50.8 Å². The molecule has 2 saturated heterocycles. The molecule has 1 unspecified atom stereocenters. The molecule has 0 bridgehead atoms. The van der Waals surface area contributed by atoms with Crippen molar-refractivity contribution in [2.24, 2.45) is 0 Å². The Morgan fingerprint density at radius 1 is 1.19 bits per heavy atom. The van der Waals surface area contributed by atoms with Gasteiger partial charge in [-0.2, -0.15) is 0 Å². The Balaban J connectivity index is 1.82. The number of hydrogen-bond donors (Lipinski definition) is 0. The fraction of sp³-hybridized carbons (Fsp3) is 0.529. The molecule has 0 aromatic heterocycles. The fourth-order valence-corrected chi connectivity index (χ4v) is 3.29. The third-order valence-corrected chi connectivity index (χ3v) is 4.54. The first-order valence-corrected chi connectivity index (χ1v) is 7.88. The Hall–Kier alpha value is -1.84. The topological polar surface area (TPSA) is 40.6 Å². The van der Waals surface area contributed by atoms with E-state index in [1.54, 1.807) is 4.90 Å². The van der Waals surface area contributed by atoms with Crippen LogP contribution in [0.4, 0.5) is 5.69 Å². The minimum Gasteiger partial charge on any atom is -0.336 e. The minimum absolute atomic E-state index is 0.0932.